The third-order valence-electron chi connectivity index (χ3n) is 3.61. The number of carbonyl (C=O) groups excluding carboxylic acids is 1. The minimum Gasteiger partial charge on any atom is -0.340 e. The predicted molar refractivity (Wildman–Crippen MR) is 78.8 cm³/mol. The summed E-state index contributed by atoms with van der Waals surface area (Å²) < 4.78 is 0. The standard InChI is InChI=1S/C16H22N2O/c1-3-18(4-2)16(19)8-6-13-5-7-14-9-10-17-12-15(14)11-13/h5-8,11,17H,3-4,9-10,12H2,1-2H3/b8-6+. The maximum absolute atomic E-state index is 11.9. The number of carbonyl (C=O) groups is 1. The summed E-state index contributed by atoms with van der Waals surface area (Å²) >= 11 is 0. The molecule has 0 spiro atoms. The highest BCUT2D eigenvalue weighted by molar-refractivity contribution is 5.91. The summed E-state index contributed by atoms with van der Waals surface area (Å²) in [6.07, 6.45) is 4.68. The van der Waals surface area contributed by atoms with Crippen LogP contribution in [-0.4, -0.2) is 30.4 Å². The van der Waals surface area contributed by atoms with E-state index in [0.717, 1.165) is 38.2 Å². The van der Waals surface area contributed by atoms with Gasteiger partial charge < -0.3 is 10.2 Å². The van der Waals surface area contributed by atoms with Gasteiger partial charge in [0, 0.05) is 25.7 Å². The molecule has 0 bridgehead atoms. The molecule has 0 fully saturated rings. The number of likely N-dealkylation sites (N-methyl/N-ethyl adjacent to an activating group) is 1. The fourth-order valence-corrected chi connectivity index (χ4v) is 2.41. The number of hydrogen-bond donors (Lipinski definition) is 1. The first-order valence-electron chi connectivity index (χ1n) is 7.04. The van der Waals surface area contributed by atoms with Gasteiger partial charge >= 0.3 is 0 Å². The van der Waals surface area contributed by atoms with Crippen molar-refractivity contribution in [3.8, 4) is 0 Å². The Morgan fingerprint density at radius 1 is 1.32 bits per heavy atom. The highest BCUT2D eigenvalue weighted by atomic mass is 16.2. The van der Waals surface area contributed by atoms with E-state index >= 15 is 0 Å². The SMILES string of the molecule is CCN(CC)C(=O)/C=C/c1ccc2c(c1)CNCC2. The van der Waals surface area contributed by atoms with Crippen LogP contribution in [0.4, 0.5) is 0 Å². The smallest absolute Gasteiger partial charge is 0.246 e. The van der Waals surface area contributed by atoms with Gasteiger partial charge in [-0.25, -0.2) is 0 Å². The lowest BCUT2D eigenvalue weighted by molar-refractivity contribution is -0.125. The largest absolute Gasteiger partial charge is 0.340 e. The molecule has 1 aliphatic rings. The van der Waals surface area contributed by atoms with Crippen molar-refractivity contribution in [2.24, 2.45) is 0 Å². The number of hydrogen-bond acceptors (Lipinski definition) is 2. The fraction of sp³-hybridized carbons (Fsp3) is 0.438. The lowest BCUT2D eigenvalue weighted by Crippen LogP contribution is -2.28. The lowest BCUT2D eigenvalue weighted by atomic mass is 9.98. The Morgan fingerprint density at radius 3 is 2.84 bits per heavy atom. The Balaban J connectivity index is 2.08. The number of nitrogens with one attached hydrogen (secondary N) is 1. The van der Waals surface area contributed by atoms with Crippen LogP contribution < -0.4 is 5.32 Å². The van der Waals surface area contributed by atoms with Gasteiger partial charge in [-0.05, 0) is 49.6 Å². The second-order valence-electron chi connectivity index (χ2n) is 4.80. The molecule has 0 saturated carbocycles. The van der Waals surface area contributed by atoms with Crippen molar-refractivity contribution in [3.05, 3.63) is 41.0 Å². The third-order valence-corrected chi connectivity index (χ3v) is 3.61. The summed E-state index contributed by atoms with van der Waals surface area (Å²) in [7, 11) is 0. The molecule has 0 atom stereocenters. The zero-order valence-electron chi connectivity index (χ0n) is 11.8. The van der Waals surface area contributed by atoms with Crippen LogP contribution in [0.25, 0.3) is 6.08 Å². The summed E-state index contributed by atoms with van der Waals surface area (Å²) in [6.45, 7) is 7.50. The van der Waals surface area contributed by atoms with E-state index in [1.54, 1.807) is 6.08 Å². The van der Waals surface area contributed by atoms with Crippen LogP contribution in [0.5, 0.6) is 0 Å². The maximum atomic E-state index is 11.9. The van der Waals surface area contributed by atoms with Crippen molar-refractivity contribution in [1.82, 2.24) is 10.2 Å². The van der Waals surface area contributed by atoms with Crippen molar-refractivity contribution in [1.29, 1.82) is 0 Å². The molecule has 0 saturated heterocycles. The van der Waals surface area contributed by atoms with Crippen LogP contribution >= 0.6 is 0 Å². The minimum absolute atomic E-state index is 0.0841. The van der Waals surface area contributed by atoms with Gasteiger partial charge in [-0.15, -0.1) is 0 Å². The van der Waals surface area contributed by atoms with E-state index in [1.165, 1.54) is 11.1 Å². The molecule has 0 aromatic heterocycles. The number of rotatable bonds is 4. The van der Waals surface area contributed by atoms with Crippen LogP contribution in [0.3, 0.4) is 0 Å². The highest BCUT2D eigenvalue weighted by Crippen LogP contribution is 2.16. The molecule has 1 aromatic rings. The molecule has 1 heterocycles. The molecular weight excluding hydrogens is 236 g/mol. The van der Waals surface area contributed by atoms with Crippen molar-refractivity contribution in [2.45, 2.75) is 26.8 Å². The lowest BCUT2D eigenvalue weighted by Gasteiger charge is -2.17. The van der Waals surface area contributed by atoms with Gasteiger partial charge in [-0.1, -0.05) is 18.2 Å². The van der Waals surface area contributed by atoms with Crippen molar-refractivity contribution >= 4 is 12.0 Å². The Labute approximate surface area is 115 Å². The molecule has 1 N–H and O–H groups in total. The second kappa shape index (κ2) is 6.53. The van der Waals surface area contributed by atoms with E-state index in [-0.39, 0.29) is 5.91 Å². The molecule has 1 aliphatic heterocycles. The average molecular weight is 258 g/mol. The zero-order chi connectivity index (χ0) is 13.7. The summed E-state index contributed by atoms with van der Waals surface area (Å²) in [6, 6.07) is 6.45. The Morgan fingerprint density at radius 2 is 2.11 bits per heavy atom. The first-order valence-corrected chi connectivity index (χ1v) is 7.04. The summed E-state index contributed by atoms with van der Waals surface area (Å²) in [5.41, 5.74) is 3.87. The van der Waals surface area contributed by atoms with E-state index in [1.807, 2.05) is 24.8 Å². The van der Waals surface area contributed by atoms with Gasteiger partial charge in [-0.3, -0.25) is 4.79 Å². The average Bonchev–Trinajstić information content (AvgIpc) is 2.46. The number of amides is 1. The molecule has 0 unspecified atom stereocenters. The van der Waals surface area contributed by atoms with E-state index in [9.17, 15) is 4.79 Å². The monoisotopic (exact) mass is 258 g/mol. The molecule has 0 radical (unpaired) electrons. The van der Waals surface area contributed by atoms with Crippen LogP contribution in [0.15, 0.2) is 24.3 Å². The molecule has 102 valence electrons. The molecular formula is C16H22N2O. The van der Waals surface area contributed by atoms with E-state index < -0.39 is 0 Å². The molecule has 2 rings (SSSR count). The number of fused-ring (bicyclic) bond motifs is 1. The first kappa shape index (κ1) is 13.8. The quantitative estimate of drug-likeness (QED) is 0.840. The van der Waals surface area contributed by atoms with Gasteiger partial charge in [0.05, 0.1) is 0 Å². The fourth-order valence-electron chi connectivity index (χ4n) is 2.41. The maximum Gasteiger partial charge on any atom is 0.246 e. The van der Waals surface area contributed by atoms with Gasteiger partial charge in [0.1, 0.15) is 0 Å². The highest BCUT2D eigenvalue weighted by Gasteiger charge is 2.08. The van der Waals surface area contributed by atoms with Crippen LogP contribution in [-0.2, 0) is 17.8 Å². The van der Waals surface area contributed by atoms with Crippen LogP contribution in [0, 0.1) is 0 Å². The summed E-state index contributed by atoms with van der Waals surface area (Å²) in [5, 5.41) is 3.37. The second-order valence-corrected chi connectivity index (χ2v) is 4.80. The van der Waals surface area contributed by atoms with Crippen molar-refractivity contribution in [2.75, 3.05) is 19.6 Å². The molecule has 3 heteroatoms. The van der Waals surface area contributed by atoms with Crippen molar-refractivity contribution < 1.29 is 4.79 Å². The van der Waals surface area contributed by atoms with Crippen LogP contribution in [0.1, 0.15) is 30.5 Å². The topological polar surface area (TPSA) is 32.3 Å². The van der Waals surface area contributed by atoms with E-state index in [4.69, 9.17) is 0 Å². The van der Waals surface area contributed by atoms with Crippen LogP contribution in [0.2, 0.25) is 0 Å². The Kier molecular flexibility index (Phi) is 4.74. The predicted octanol–water partition coefficient (Wildman–Crippen LogP) is 2.21. The van der Waals surface area contributed by atoms with Gasteiger partial charge in [0.2, 0.25) is 5.91 Å². The zero-order valence-corrected chi connectivity index (χ0v) is 11.8. The first-order chi connectivity index (χ1) is 9.24. The van der Waals surface area contributed by atoms with Crippen molar-refractivity contribution in [3.63, 3.8) is 0 Å². The third kappa shape index (κ3) is 3.44. The van der Waals surface area contributed by atoms with E-state index in [0.29, 0.717) is 0 Å². The molecule has 1 amide bonds. The van der Waals surface area contributed by atoms with Gasteiger partial charge in [-0.2, -0.15) is 0 Å². The Bertz CT molecular complexity index is 476. The minimum atomic E-state index is 0.0841. The molecule has 0 aliphatic carbocycles. The summed E-state index contributed by atoms with van der Waals surface area (Å²) in [4.78, 5) is 13.7. The van der Waals surface area contributed by atoms with E-state index in [2.05, 4.69) is 23.5 Å². The molecule has 3 nitrogen and oxygen atoms in total. The normalized spacial score (nSPS) is 14.4. The Hall–Kier alpha value is -1.61. The molecule has 19 heavy (non-hydrogen) atoms. The van der Waals surface area contributed by atoms with Gasteiger partial charge in [0.25, 0.3) is 0 Å². The number of benzene rings is 1. The number of nitrogens with zero attached hydrogens (tertiary/aromatic N) is 1. The van der Waals surface area contributed by atoms with Gasteiger partial charge in [0.15, 0.2) is 0 Å². The summed E-state index contributed by atoms with van der Waals surface area (Å²) in [5.74, 6) is 0.0841. The molecule has 1 aromatic carbocycles.